The van der Waals surface area contributed by atoms with E-state index >= 15 is 0 Å². The molecule has 0 amide bonds. The summed E-state index contributed by atoms with van der Waals surface area (Å²) in [6, 6.07) is 19.9. The number of ether oxygens (including phenoxy) is 1. The summed E-state index contributed by atoms with van der Waals surface area (Å²) in [5.74, 6) is 1.29. The molecule has 0 N–H and O–H groups in total. The molecule has 0 aliphatic carbocycles. The van der Waals surface area contributed by atoms with Gasteiger partial charge in [0.05, 0.1) is 17.3 Å². The Morgan fingerprint density at radius 3 is 2.64 bits per heavy atom. The molecule has 0 radical (unpaired) electrons. The van der Waals surface area contributed by atoms with Crippen molar-refractivity contribution >= 4 is 33.4 Å². The molecule has 4 rings (SSSR count). The van der Waals surface area contributed by atoms with Gasteiger partial charge in [0.2, 0.25) is 5.78 Å². The van der Waals surface area contributed by atoms with Gasteiger partial charge >= 0.3 is 0 Å². The number of thiazole rings is 1. The number of aromatic nitrogens is 1. The number of nitriles is 1. The van der Waals surface area contributed by atoms with Crippen molar-refractivity contribution in [1.82, 2.24) is 4.98 Å². The maximum atomic E-state index is 12.6. The van der Waals surface area contributed by atoms with Gasteiger partial charge in [0, 0.05) is 11.6 Å². The number of allylic oxidation sites excluding steroid dienone is 1. The molecule has 0 unspecified atom stereocenters. The second-order valence-electron chi connectivity index (χ2n) is 5.92. The number of carbonyl (C=O) groups is 1. The van der Waals surface area contributed by atoms with Crippen molar-refractivity contribution in [2.45, 2.75) is 0 Å². The van der Waals surface area contributed by atoms with Gasteiger partial charge in [0.15, 0.2) is 10.8 Å². The zero-order valence-corrected chi connectivity index (χ0v) is 15.7. The van der Waals surface area contributed by atoms with Crippen molar-refractivity contribution in [3.05, 3.63) is 77.6 Å². The van der Waals surface area contributed by atoms with Gasteiger partial charge in [-0.05, 0) is 48.5 Å². The molecule has 2 aromatic heterocycles. The third-order valence-corrected chi connectivity index (χ3v) is 5.19. The van der Waals surface area contributed by atoms with Gasteiger partial charge in [-0.2, -0.15) is 5.26 Å². The van der Waals surface area contributed by atoms with Gasteiger partial charge in [-0.1, -0.05) is 12.1 Å². The summed E-state index contributed by atoms with van der Waals surface area (Å²) in [6.45, 7) is 0. The van der Waals surface area contributed by atoms with E-state index in [-0.39, 0.29) is 11.4 Å². The second-order valence-corrected chi connectivity index (χ2v) is 6.95. The zero-order chi connectivity index (χ0) is 19.5. The summed E-state index contributed by atoms with van der Waals surface area (Å²) in [5, 5.41) is 10.2. The number of benzene rings is 2. The molecule has 28 heavy (non-hydrogen) atoms. The highest BCUT2D eigenvalue weighted by atomic mass is 32.1. The largest absolute Gasteiger partial charge is 0.497 e. The van der Waals surface area contributed by atoms with Gasteiger partial charge < -0.3 is 9.15 Å². The minimum Gasteiger partial charge on any atom is -0.497 e. The number of Topliss-reactive ketones (excluding diaryl/α,β-unsaturated/α-hetero) is 1. The predicted octanol–water partition coefficient (Wildman–Crippen LogP) is 5.35. The Balaban J connectivity index is 1.62. The van der Waals surface area contributed by atoms with Crippen LogP contribution in [0.15, 0.2) is 70.7 Å². The van der Waals surface area contributed by atoms with Crippen LogP contribution < -0.4 is 4.74 Å². The highest BCUT2D eigenvalue weighted by Crippen LogP contribution is 2.31. The van der Waals surface area contributed by atoms with E-state index in [1.54, 1.807) is 43.5 Å². The smallest absolute Gasteiger partial charge is 0.203 e. The van der Waals surface area contributed by atoms with Crippen LogP contribution in [0.25, 0.3) is 27.1 Å². The molecule has 136 valence electrons. The van der Waals surface area contributed by atoms with Gasteiger partial charge in [0.25, 0.3) is 0 Å². The zero-order valence-electron chi connectivity index (χ0n) is 14.9. The molecular formula is C22H14N2O3S. The van der Waals surface area contributed by atoms with E-state index in [0.29, 0.717) is 22.8 Å². The quantitative estimate of drug-likeness (QED) is 0.262. The van der Waals surface area contributed by atoms with Gasteiger partial charge in [-0.15, -0.1) is 11.3 Å². The lowest BCUT2D eigenvalue weighted by atomic mass is 10.0. The average molecular weight is 386 g/mol. The fourth-order valence-corrected chi connectivity index (χ4v) is 3.64. The van der Waals surface area contributed by atoms with E-state index in [4.69, 9.17) is 9.15 Å². The first-order valence-corrected chi connectivity index (χ1v) is 9.26. The van der Waals surface area contributed by atoms with E-state index in [1.807, 2.05) is 30.3 Å². The molecule has 6 heteroatoms. The molecule has 0 spiro atoms. The Bertz CT molecular complexity index is 1190. The Morgan fingerprint density at radius 1 is 1.14 bits per heavy atom. The predicted molar refractivity (Wildman–Crippen MR) is 108 cm³/mol. The van der Waals surface area contributed by atoms with E-state index in [0.717, 1.165) is 15.2 Å². The standard InChI is InChI=1S/C22H14N2O3S/c1-26-16-8-6-14(7-9-16)21(25)15(13-23)12-17-10-11-19(27-17)22-24-18-4-2-3-5-20(18)28-22/h2-12H,1H3/b15-12+. The highest BCUT2D eigenvalue weighted by Gasteiger charge is 2.15. The van der Waals surface area contributed by atoms with Gasteiger partial charge in [-0.3, -0.25) is 4.79 Å². The summed E-state index contributed by atoms with van der Waals surface area (Å²) in [5.41, 5.74) is 1.31. The van der Waals surface area contributed by atoms with E-state index in [2.05, 4.69) is 4.98 Å². The van der Waals surface area contributed by atoms with Gasteiger partial charge in [-0.25, -0.2) is 4.98 Å². The summed E-state index contributed by atoms with van der Waals surface area (Å²) in [6.07, 6.45) is 1.45. The molecule has 0 atom stereocenters. The first-order chi connectivity index (χ1) is 13.7. The third-order valence-electron chi connectivity index (χ3n) is 4.14. The Morgan fingerprint density at radius 2 is 1.93 bits per heavy atom. The molecule has 2 heterocycles. The van der Waals surface area contributed by atoms with E-state index in [1.165, 1.54) is 17.4 Å². The number of methoxy groups -OCH3 is 1. The minimum atomic E-state index is -0.372. The number of furan rings is 1. The minimum absolute atomic E-state index is 0.00429. The van der Waals surface area contributed by atoms with Crippen LogP contribution in [0, 0.1) is 11.3 Å². The molecule has 5 nitrogen and oxygen atoms in total. The Hall–Kier alpha value is -3.69. The number of hydrogen-bond acceptors (Lipinski definition) is 6. The second kappa shape index (κ2) is 7.51. The average Bonchev–Trinajstić information content (AvgIpc) is 3.38. The van der Waals surface area contributed by atoms with Crippen LogP contribution in [0.4, 0.5) is 0 Å². The van der Waals surface area contributed by atoms with Crippen LogP contribution in [0.5, 0.6) is 5.75 Å². The fraction of sp³-hybridized carbons (Fsp3) is 0.0455. The van der Waals surface area contributed by atoms with Crippen molar-refractivity contribution in [3.8, 4) is 22.6 Å². The van der Waals surface area contributed by atoms with Crippen LogP contribution in [0.3, 0.4) is 0 Å². The SMILES string of the molecule is COc1ccc(C(=O)/C(C#N)=C/c2ccc(-c3nc4ccccc4s3)o2)cc1. The molecule has 0 bridgehead atoms. The van der Waals surface area contributed by atoms with E-state index in [9.17, 15) is 10.1 Å². The van der Waals surface area contributed by atoms with Crippen molar-refractivity contribution in [3.63, 3.8) is 0 Å². The van der Waals surface area contributed by atoms with Crippen molar-refractivity contribution in [2.75, 3.05) is 7.11 Å². The Kier molecular flexibility index (Phi) is 4.75. The van der Waals surface area contributed by atoms with Crippen molar-refractivity contribution < 1.29 is 13.9 Å². The highest BCUT2D eigenvalue weighted by molar-refractivity contribution is 7.21. The van der Waals surface area contributed by atoms with Crippen molar-refractivity contribution in [1.29, 1.82) is 5.26 Å². The molecule has 0 saturated carbocycles. The van der Waals surface area contributed by atoms with Crippen LogP contribution in [-0.4, -0.2) is 17.9 Å². The van der Waals surface area contributed by atoms with Gasteiger partial charge in [0.1, 0.15) is 23.2 Å². The molecular weight excluding hydrogens is 372 g/mol. The molecule has 0 fully saturated rings. The summed E-state index contributed by atoms with van der Waals surface area (Å²) in [4.78, 5) is 17.1. The summed E-state index contributed by atoms with van der Waals surface area (Å²) in [7, 11) is 1.55. The first-order valence-electron chi connectivity index (χ1n) is 8.44. The number of rotatable bonds is 5. The monoisotopic (exact) mass is 386 g/mol. The number of hydrogen-bond donors (Lipinski definition) is 0. The fourth-order valence-electron chi connectivity index (χ4n) is 2.71. The van der Waals surface area contributed by atoms with Crippen molar-refractivity contribution in [2.24, 2.45) is 0 Å². The lowest BCUT2D eigenvalue weighted by Gasteiger charge is -2.01. The molecule has 0 aliphatic heterocycles. The van der Waals surface area contributed by atoms with Crippen LogP contribution >= 0.6 is 11.3 Å². The number of nitrogens with zero attached hydrogens (tertiary/aromatic N) is 2. The molecule has 2 aromatic carbocycles. The molecule has 0 saturated heterocycles. The summed E-state index contributed by atoms with van der Waals surface area (Å²) >= 11 is 1.53. The lowest BCUT2D eigenvalue weighted by molar-refractivity contribution is 0.104. The topological polar surface area (TPSA) is 76.1 Å². The molecule has 0 aliphatic rings. The maximum absolute atomic E-state index is 12.6. The van der Waals surface area contributed by atoms with Crippen LogP contribution in [0.1, 0.15) is 16.1 Å². The van der Waals surface area contributed by atoms with Crippen LogP contribution in [0.2, 0.25) is 0 Å². The third kappa shape index (κ3) is 3.43. The van der Waals surface area contributed by atoms with E-state index < -0.39 is 0 Å². The Labute approximate surface area is 165 Å². The maximum Gasteiger partial charge on any atom is 0.203 e. The summed E-state index contributed by atoms with van der Waals surface area (Å²) < 4.78 is 12.0. The number of para-hydroxylation sites is 1. The number of carbonyl (C=O) groups excluding carboxylic acids is 1. The normalized spacial score (nSPS) is 11.4. The number of fused-ring (bicyclic) bond motifs is 1. The molecule has 4 aromatic rings. The van der Waals surface area contributed by atoms with Crippen LogP contribution in [-0.2, 0) is 0 Å². The number of ketones is 1. The first kappa shape index (κ1) is 17.7. The lowest BCUT2D eigenvalue weighted by Crippen LogP contribution is -2.01.